The molecule has 4 atom stereocenters. The Morgan fingerprint density at radius 1 is 1.03 bits per heavy atom. The fraction of sp³-hybridized carbons (Fsp3) is 0.370. The van der Waals surface area contributed by atoms with Gasteiger partial charge in [-0.1, -0.05) is 30.3 Å². The van der Waals surface area contributed by atoms with Crippen molar-refractivity contribution in [2.75, 3.05) is 20.2 Å². The van der Waals surface area contributed by atoms with Crippen LogP contribution in [0.25, 0.3) is 0 Å². The molecule has 33 heavy (non-hydrogen) atoms. The largest absolute Gasteiger partial charge is 0.508 e. The first kappa shape index (κ1) is 21.7. The molecule has 1 amide bonds. The maximum atomic E-state index is 13.7. The van der Waals surface area contributed by atoms with Crippen molar-refractivity contribution in [1.82, 2.24) is 14.4 Å². The fourth-order valence-corrected chi connectivity index (χ4v) is 5.69. The molecule has 1 fully saturated rings. The summed E-state index contributed by atoms with van der Waals surface area (Å²) in [5, 5.41) is 10.2. The Balaban J connectivity index is 1.50. The molecule has 5 rings (SSSR count). The summed E-state index contributed by atoms with van der Waals surface area (Å²) in [6.45, 7) is 4.97. The topological polar surface area (TPSA) is 57.9 Å². The van der Waals surface area contributed by atoms with Crippen LogP contribution in [-0.4, -0.2) is 57.7 Å². The maximum Gasteiger partial charge on any atom is 0.256 e. The molecule has 2 aliphatic heterocycles. The van der Waals surface area contributed by atoms with E-state index in [0.29, 0.717) is 0 Å². The summed E-state index contributed by atoms with van der Waals surface area (Å²) in [6, 6.07) is 19.4. The number of ether oxygens (including phenoxy) is 1. The first-order valence-electron chi connectivity index (χ1n) is 11.7. The minimum atomic E-state index is -0.412. The zero-order valence-corrected chi connectivity index (χ0v) is 19.2. The summed E-state index contributed by atoms with van der Waals surface area (Å²) in [5.41, 5.74) is 2.71. The zero-order valence-electron chi connectivity index (χ0n) is 19.2. The molecule has 0 spiro atoms. The van der Waals surface area contributed by atoms with Crippen LogP contribution in [0.2, 0.25) is 0 Å². The van der Waals surface area contributed by atoms with E-state index in [4.69, 9.17) is 4.74 Å². The number of methoxy groups -OCH3 is 1. The molecular weight excluding hydrogens is 414 g/mol. The highest BCUT2D eigenvalue weighted by Crippen LogP contribution is 2.44. The summed E-state index contributed by atoms with van der Waals surface area (Å²) in [7, 11) is 1.67. The molecule has 4 unspecified atom stereocenters. The third kappa shape index (κ3) is 3.94. The molecule has 3 aromatic rings. The van der Waals surface area contributed by atoms with E-state index >= 15 is 0 Å². The van der Waals surface area contributed by atoms with Crippen LogP contribution in [0.5, 0.6) is 5.75 Å². The minimum Gasteiger partial charge on any atom is -0.508 e. The normalized spacial score (nSPS) is 25.4. The lowest BCUT2D eigenvalue weighted by molar-refractivity contribution is -0.0644. The second kappa shape index (κ2) is 9.04. The number of likely N-dealkylation sites (tertiary alicyclic amines) is 1. The van der Waals surface area contributed by atoms with Gasteiger partial charge in [-0.3, -0.25) is 9.69 Å². The molecule has 0 bridgehead atoms. The Bertz CT molecular complexity index is 1110. The van der Waals surface area contributed by atoms with Gasteiger partial charge in [0.05, 0.1) is 6.04 Å². The number of carbonyl (C=O) groups excluding carboxylic acids is 1. The van der Waals surface area contributed by atoms with Gasteiger partial charge < -0.3 is 19.3 Å². The molecular formula is C27H31N3O3. The summed E-state index contributed by atoms with van der Waals surface area (Å²) in [4.78, 5) is 18.1. The molecule has 0 aliphatic carbocycles. The molecule has 6 nitrogen and oxygen atoms in total. The third-order valence-electron chi connectivity index (χ3n) is 7.31. The van der Waals surface area contributed by atoms with Crippen molar-refractivity contribution in [3.05, 3.63) is 89.7 Å². The highest BCUT2D eigenvalue weighted by atomic mass is 16.5. The second-order valence-electron chi connectivity index (χ2n) is 9.07. The smallest absolute Gasteiger partial charge is 0.256 e. The van der Waals surface area contributed by atoms with Gasteiger partial charge in [0.2, 0.25) is 0 Å². The molecule has 1 N–H and O–H groups in total. The Morgan fingerprint density at radius 2 is 1.82 bits per heavy atom. The second-order valence-corrected chi connectivity index (χ2v) is 9.07. The molecule has 1 aromatic heterocycles. The quantitative estimate of drug-likeness (QED) is 0.617. The van der Waals surface area contributed by atoms with E-state index in [1.54, 1.807) is 13.2 Å². The molecule has 1 saturated heterocycles. The summed E-state index contributed by atoms with van der Waals surface area (Å²) in [6.07, 6.45) is 4.66. The highest BCUT2D eigenvalue weighted by molar-refractivity contribution is 5.99. The molecule has 6 heteroatoms. The van der Waals surface area contributed by atoms with Gasteiger partial charge in [-0.05, 0) is 55.8 Å². The van der Waals surface area contributed by atoms with E-state index in [-0.39, 0.29) is 29.7 Å². The Morgan fingerprint density at radius 3 is 2.58 bits per heavy atom. The summed E-state index contributed by atoms with van der Waals surface area (Å²) in [5.74, 6) is 0.380. The van der Waals surface area contributed by atoms with E-state index in [2.05, 4.69) is 34.9 Å². The fourth-order valence-electron chi connectivity index (χ4n) is 5.69. The number of phenols is 1. The average Bonchev–Trinajstić information content (AvgIpc) is 3.44. The van der Waals surface area contributed by atoms with E-state index in [0.717, 1.165) is 42.7 Å². The van der Waals surface area contributed by atoms with Gasteiger partial charge in [0.1, 0.15) is 5.75 Å². The number of hydrogen-bond donors (Lipinski definition) is 1. The number of piperidine rings is 1. The Labute approximate surface area is 195 Å². The van der Waals surface area contributed by atoms with E-state index < -0.39 is 6.23 Å². The van der Waals surface area contributed by atoms with Crippen molar-refractivity contribution in [2.45, 2.75) is 44.1 Å². The van der Waals surface area contributed by atoms with Crippen LogP contribution in [0, 0.1) is 0 Å². The number of rotatable bonds is 6. The lowest BCUT2D eigenvalue weighted by atomic mass is 9.80. The molecule has 2 aliphatic rings. The van der Waals surface area contributed by atoms with E-state index in [1.165, 1.54) is 0 Å². The number of nitrogens with zero attached hydrogens (tertiary/aromatic N) is 3. The van der Waals surface area contributed by atoms with E-state index in [9.17, 15) is 9.90 Å². The van der Waals surface area contributed by atoms with E-state index in [1.807, 2.05) is 53.4 Å². The number of carbonyl (C=O) groups is 1. The first-order chi connectivity index (χ1) is 16.1. The van der Waals surface area contributed by atoms with Crippen molar-refractivity contribution in [3.8, 4) is 5.75 Å². The number of aromatic nitrogens is 1. The summed E-state index contributed by atoms with van der Waals surface area (Å²) < 4.78 is 8.11. The van der Waals surface area contributed by atoms with Gasteiger partial charge in [-0.25, -0.2) is 0 Å². The SMILES string of the molecule is COC1c2ccccc2C(=O)N1C1C(c2cccc(O)c2)CCN(CCn2cccc2)C1C. The van der Waals surface area contributed by atoms with Crippen LogP contribution in [-0.2, 0) is 11.3 Å². The molecule has 0 radical (unpaired) electrons. The molecule has 2 aromatic carbocycles. The number of phenolic OH excluding ortho intramolecular Hbond substituents is 1. The lowest BCUT2D eigenvalue weighted by Crippen LogP contribution is -2.58. The third-order valence-corrected chi connectivity index (χ3v) is 7.31. The lowest BCUT2D eigenvalue weighted by Gasteiger charge is -2.49. The van der Waals surface area contributed by atoms with Crippen molar-refractivity contribution in [2.24, 2.45) is 0 Å². The van der Waals surface area contributed by atoms with Crippen LogP contribution in [0.4, 0.5) is 0 Å². The van der Waals surface area contributed by atoms with Gasteiger partial charge in [0, 0.05) is 55.7 Å². The van der Waals surface area contributed by atoms with Crippen LogP contribution >= 0.6 is 0 Å². The number of amides is 1. The average molecular weight is 446 g/mol. The molecule has 3 heterocycles. The van der Waals surface area contributed by atoms with Crippen LogP contribution in [0.3, 0.4) is 0 Å². The van der Waals surface area contributed by atoms with Crippen LogP contribution < -0.4 is 0 Å². The standard InChI is InChI=1S/C27H31N3O3/c1-19-25(30-26(32)23-10-3-4-11-24(23)27(30)33-2)22(20-8-7-9-21(31)18-20)12-15-29(19)17-16-28-13-5-6-14-28/h3-11,13-14,18-19,22,25,27,31H,12,15-17H2,1-2H3. The van der Waals surface area contributed by atoms with Crippen molar-refractivity contribution < 1.29 is 14.6 Å². The molecule has 172 valence electrons. The monoisotopic (exact) mass is 445 g/mol. The maximum absolute atomic E-state index is 13.7. The minimum absolute atomic E-state index is 0.0201. The van der Waals surface area contributed by atoms with Crippen LogP contribution in [0.15, 0.2) is 73.1 Å². The van der Waals surface area contributed by atoms with Gasteiger partial charge >= 0.3 is 0 Å². The highest BCUT2D eigenvalue weighted by Gasteiger charge is 2.48. The van der Waals surface area contributed by atoms with Gasteiger partial charge in [0.15, 0.2) is 6.23 Å². The number of fused-ring (bicyclic) bond motifs is 1. The van der Waals surface area contributed by atoms with Gasteiger partial charge in [0.25, 0.3) is 5.91 Å². The van der Waals surface area contributed by atoms with Gasteiger partial charge in [-0.15, -0.1) is 0 Å². The van der Waals surface area contributed by atoms with Crippen LogP contribution in [0.1, 0.15) is 47.0 Å². The number of hydrogen-bond acceptors (Lipinski definition) is 4. The van der Waals surface area contributed by atoms with Crippen molar-refractivity contribution in [1.29, 1.82) is 0 Å². The summed E-state index contributed by atoms with van der Waals surface area (Å²) >= 11 is 0. The Hall–Kier alpha value is -3.09. The predicted molar refractivity (Wildman–Crippen MR) is 127 cm³/mol. The predicted octanol–water partition coefficient (Wildman–Crippen LogP) is 4.24. The zero-order chi connectivity index (χ0) is 22.9. The first-order valence-corrected chi connectivity index (χ1v) is 11.7. The van der Waals surface area contributed by atoms with Crippen molar-refractivity contribution in [3.63, 3.8) is 0 Å². The Kier molecular flexibility index (Phi) is 5.96. The number of aromatic hydroxyl groups is 1. The number of benzene rings is 2. The molecule has 0 saturated carbocycles. The van der Waals surface area contributed by atoms with Crippen molar-refractivity contribution >= 4 is 5.91 Å². The van der Waals surface area contributed by atoms with Gasteiger partial charge in [-0.2, -0.15) is 0 Å².